The van der Waals surface area contributed by atoms with E-state index in [0.717, 1.165) is 18.0 Å². The maximum atomic E-state index is 2.51. The zero-order chi connectivity index (χ0) is 10.2. The van der Waals surface area contributed by atoms with Crippen LogP contribution < -0.4 is 0 Å². The Morgan fingerprint density at radius 3 is 2.29 bits per heavy atom. The minimum absolute atomic E-state index is 0.998. The Morgan fingerprint density at radius 1 is 1.00 bits per heavy atom. The van der Waals surface area contributed by atoms with Crippen molar-refractivity contribution in [3.05, 3.63) is 0 Å². The van der Waals surface area contributed by atoms with Gasteiger partial charge >= 0.3 is 0 Å². The summed E-state index contributed by atoms with van der Waals surface area (Å²) in [4.78, 5) is 0. The third-order valence-corrected chi connectivity index (χ3v) is 5.27. The van der Waals surface area contributed by atoms with Gasteiger partial charge in [0.15, 0.2) is 0 Å². The van der Waals surface area contributed by atoms with Crippen LogP contribution in [0.4, 0.5) is 0 Å². The third kappa shape index (κ3) is 1.50. The first-order valence-corrected chi connectivity index (χ1v) is 6.55. The molecule has 1 heteroatoms. The Kier molecular flexibility index (Phi) is 2.88. The molecule has 4 unspecified atom stereocenters. The first-order valence-electron chi connectivity index (χ1n) is 6.55. The summed E-state index contributed by atoms with van der Waals surface area (Å²) in [5.74, 6) is 1.04. The monoisotopic (exact) mass is 196 g/mol. The summed E-state index contributed by atoms with van der Waals surface area (Å²) in [6, 6.07) is 2.00. The number of hydrogen-bond acceptors (Lipinski definition) is 0. The van der Waals surface area contributed by atoms with Gasteiger partial charge in [-0.3, -0.25) is 0 Å². The Morgan fingerprint density at radius 2 is 1.64 bits per heavy atom. The van der Waals surface area contributed by atoms with Gasteiger partial charge < -0.3 is 4.48 Å². The van der Waals surface area contributed by atoms with E-state index >= 15 is 0 Å². The summed E-state index contributed by atoms with van der Waals surface area (Å²) in [7, 11) is 2.51. The van der Waals surface area contributed by atoms with Crippen molar-refractivity contribution < 1.29 is 4.48 Å². The molecular formula is C13H26N+. The maximum absolute atomic E-state index is 2.51. The number of fused-ring (bicyclic) bond motifs is 2. The maximum Gasteiger partial charge on any atom is 0.0895 e. The lowest BCUT2D eigenvalue weighted by Gasteiger charge is -2.39. The van der Waals surface area contributed by atoms with E-state index < -0.39 is 0 Å². The van der Waals surface area contributed by atoms with E-state index in [9.17, 15) is 0 Å². The highest BCUT2D eigenvalue weighted by atomic mass is 15.4. The van der Waals surface area contributed by atoms with Crippen LogP contribution in [0.25, 0.3) is 0 Å². The third-order valence-electron chi connectivity index (χ3n) is 5.27. The minimum atomic E-state index is 0.998. The predicted octanol–water partition coefficient (Wildman–Crippen LogP) is 3.19. The van der Waals surface area contributed by atoms with Crippen molar-refractivity contribution in [2.75, 3.05) is 13.6 Å². The average Bonchev–Trinajstić information content (AvgIpc) is 2.39. The van der Waals surface area contributed by atoms with Crippen molar-refractivity contribution in [1.82, 2.24) is 0 Å². The lowest BCUT2D eigenvalue weighted by atomic mass is 9.89. The molecule has 0 aromatic rings. The average molecular weight is 196 g/mol. The summed E-state index contributed by atoms with van der Waals surface area (Å²) in [6.07, 6.45) is 8.94. The molecule has 0 aromatic heterocycles. The number of hydrogen-bond donors (Lipinski definition) is 0. The topological polar surface area (TPSA) is 0 Å². The molecule has 0 N–H and O–H groups in total. The molecule has 2 saturated heterocycles. The molecule has 0 spiro atoms. The summed E-state index contributed by atoms with van der Waals surface area (Å²) in [5, 5.41) is 0. The normalized spacial score (nSPS) is 47.8. The van der Waals surface area contributed by atoms with Crippen LogP contribution >= 0.6 is 0 Å². The van der Waals surface area contributed by atoms with Crippen LogP contribution in [0.3, 0.4) is 0 Å². The van der Waals surface area contributed by atoms with Crippen LogP contribution in [0.15, 0.2) is 0 Å². The molecular weight excluding hydrogens is 170 g/mol. The Labute approximate surface area is 89.1 Å². The van der Waals surface area contributed by atoms with Crippen LogP contribution in [0.5, 0.6) is 0 Å². The van der Waals surface area contributed by atoms with Crippen LogP contribution in [-0.2, 0) is 0 Å². The van der Waals surface area contributed by atoms with Crippen LogP contribution in [0.2, 0.25) is 0 Å². The lowest BCUT2D eigenvalue weighted by Crippen LogP contribution is -2.52. The molecule has 0 amide bonds. The molecule has 4 atom stereocenters. The smallest absolute Gasteiger partial charge is 0.0895 e. The molecule has 1 nitrogen and oxygen atoms in total. The van der Waals surface area contributed by atoms with Gasteiger partial charge in [0, 0.05) is 19.3 Å². The molecule has 2 aliphatic rings. The zero-order valence-electron chi connectivity index (χ0n) is 10.1. The van der Waals surface area contributed by atoms with Crippen LogP contribution in [0.1, 0.15) is 52.4 Å². The quantitative estimate of drug-likeness (QED) is 0.595. The fourth-order valence-corrected chi connectivity index (χ4v) is 3.89. The number of quaternary nitrogens is 1. The minimum Gasteiger partial charge on any atom is -0.321 e. The summed E-state index contributed by atoms with van der Waals surface area (Å²) in [5.41, 5.74) is 0. The van der Waals surface area contributed by atoms with Gasteiger partial charge in [0.2, 0.25) is 0 Å². The predicted molar refractivity (Wildman–Crippen MR) is 61.2 cm³/mol. The first-order chi connectivity index (χ1) is 6.70. The van der Waals surface area contributed by atoms with Gasteiger partial charge in [0.1, 0.15) is 0 Å². The first kappa shape index (κ1) is 10.5. The van der Waals surface area contributed by atoms with E-state index in [2.05, 4.69) is 20.9 Å². The highest BCUT2D eigenvalue weighted by Gasteiger charge is 2.47. The van der Waals surface area contributed by atoms with Gasteiger partial charge in [-0.15, -0.1) is 0 Å². The summed E-state index contributed by atoms with van der Waals surface area (Å²) in [6.45, 7) is 6.11. The molecule has 82 valence electrons. The van der Waals surface area contributed by atoms with Gasteiger partial charge in [-0.05, 0) is 25.7 Å². The van der Waals surface area contributed by atoms with E-state index in [1.807, 2.05) is 0 Å². The van der Waals surface area contributed by atoms with Crippen molar-refractivity contribution in [2.24, 2.45) is 5.92 Å². The van der Waals surface area contributed by atoms with E-state index in [0.29, 0.717) is 0 Å². The second-order valence-corrected chi connectivity index (χ2v) is 5.64. The lowest BCUT2D eigenvalue weighted by molar-refractivity contribution is -0.941. The van der Waals surface area contributed by atoms with E-state index in [4.69, 9.17) is 0 Å². The molecule has 0 aliphatic carbocycles. The molecule has 0 radical (unpaired) electrons. The number of nitrogens with zero attached hydrogens (tertiary/aromatic N) is 1. The van der Waals surface area contributed by atoms with Crippen molar-refractivity contribution in [3.8, 4) is 0 Å². The standard InChI is InChI=1S/C13H26N/c1-4-11-6-7-12-8-9-13(10-11)14(12,3)5-2/h11-13H,4-10H2,1-3H3/q+1. The largest absolute Gasteiger partial charge is 0.321 e. The fraction of sp³-hybridized carbons (Fsp3) is 1.00. The second-order valence-electron chi connectivity index (χ2n) is 5.64. The molecule has 2 fully saturated rings. The zero-order valence-corrected chi connectivity index (χ0v) is 10.1. The van der Waals surface area contributed by atoms with Gasteiger partial charge in [0.25, 0.3) is 0 Å². The van der Waals surface area contributed by atoms with Crippen molar-refractivity contribution in [3.63, 3.8) is 0 Å². The second kappa shape index (κ2) is 3.84. The summed E-state index contributed by atoms with van der Waals surface area (Å²) < 4.78 is 1.40. The van der Waals surface area contributed by atoms with Gasteiger partial charge in [-0.1, -0.05) is 13.3 Å². The highest BCUT2D eigenvalue weighted by Crippen LogP contribution is 2.41. The number of rotatable bonds is 2. The molecule has 2 aliphatic heterocycles. The van der Waals surface area contributed by atoms with Crippen LogP contribution in [-0.4, -0.2) is 30.2 Å². The summed E-state index contributed by atoms with van der Waals surface area (Å²) >= 11 is 0. The van der Waals surface area contributed by atoms with Crippen LogP contribution in [0, 0.1) is 5.92 Å². The molecule has 14 heavy (non-hydrogen) atoms. The fourth-order valence-electron chi connectivity index (χ4n) is 3.89. The Balaban J connectivity index is 2.15. The van der Waals surface area contributed by atoms with Gasteiger partial charge in [0.05, 0.1) is 25.7 Å². The van der Waals surface area contributed by atoms with E-state index in [1.54, 1.807) is 0 Å². The molecule has 2 rings (SSSR count). The van der Waals surface area contributed by atoms with Crippen molar-refractivity contribution >= 4 is 0 Å². The van der Waals surface area contributed by atoms with Gasteiger partial charge in [-0.2, -0.15) is 0 Å². The van der Waals surface area contributed by atoms with Gasteiger partial charge in [-0.25, -0.2) is 0 Å². The van der Waals surface area contributed by atoms with Crippen molar-refractivity contribution in [2.45, 2.75) is 64.5 Å². The van der Waals surface area contributed by atoms with Crippen molar-refractivity contribution in [1.29, 1.82) is 0 Å². The molecule has 2 bridgehead atoms. The Bertz CT molecular complexity index is 201. The Hall–Kier alpha value is -0.0400. The molecule has 0 aromatic carbocycles. The molecule has 2 heterocycles. The SMILES string of the molecule is CCC1CCC2CCC(C1)[N+]2(C)CC. The van der Waals surface area contributed by atoms with E-state index in [-0.39, 0.29) is 0 Å². The highest BCUT2D eigenvalue weighted by molar-refractivity contribution is 4.82. The van der Waals surface area contributed by atoms with E-state index in [1.165, 1.54) is 49.6 Å². The molecule has 0 saturated carbocycles.